The molecule has 0 bridgehead atoms. The number of rotatable bonds is 21. The van der Waals surface area contributed by atoms with Gasteiger partial charge in [-0.3, -0.25) is 59.6 Å². The summed E-state index contributed by atoms with van der Waals surface area (Å²) < 4.78 is 7.16. The Morgan fingerprint density at radius 3 is 1.26 bits per heavy atom. The molecule has 20 rings (SSSR count). The summed E-state index contributed by atoms with van der Waals surface area (Å²) in [6, 6.07) is 21.1. The van der Waals surface area contributed by atoms with Gasteiger partial charge in [0.2, 0.25) is 23.6 Å². The lowest BCUT2D eigenvalue weighted by Gasteiger charge is -2.27. The minimum atomic E-state index is -0.360. The number of carbonyl (C=O) groups excluding carboxylic acids is 8. The van der Waals surface area contributed by atoms with Crippen LogP contribution in [0, 0.1) is 5.92 Å². The number of aromatic nitrogens is 12. The zero-order chi connectivity index (χ0) is 80.7. The number of likely N-dealkylation sites (N-methyl/N-ethyl adjacent to an activating group) is 2. The van der Waals surface area contributed by atoms with Gasteiger partial charge in [0.15, 0.2) is 22.6 Å². The highest BCUT2D eigenvalue weighted by molar-refractivity contribution is 6.18. The molecule has 608 valence electrons. The van der Waals surface area contributed by atoms with Gasteiger partial charge >= 0.3 is 0 Å². The van der Waals surface area contributed by atoms with Crippen molar-refractivity contribution in [3.05, 3.63) is 135 Å². The van der Waals surface area contributed by atoms with E-state index in [0.717, 1.165) is 179 Å². The molecule has 2 unspecified atom stereocenters. The van der Waals surface area contributed by atoms with Gasteiger partial charge in [0.05, 0.1) is 56.6 Å². The molecule has 34 nitrogen and oxygen atoms in total. The van der Waals surface area contributed by atoms with Crippen LogP contribution in [0.15, 0.2) is 102 Å². The van der Waals surface area contributed by atoms with Crippen LogP contribution in [-0.2, 0) is 44.8 Å². The number of amides is 8. The highest BCUT2D eigenvalue weighted by Crippen LogP contribution is 2.37. The minimum absolute atomic E-state index is 0.0751. The molecule has 5 saturated heterocycles. The SMILES string of the molecule is CC(Nc1cc(CC2CC2)n2ncc(/C=C3\CC(=O)NC3=O)c2n1)c1ccccc1.CN1CCC(N(C)c2cc(NC3CC3)n3ncc(/C=C4\CC(=O)NC4=O)c3n2)C1.NC1CCC(Nc2cc(NC3CC3)n3ncc(/C=C4\CC(=O)NC4=O)c3n2)CC1.O=C1C/C(=C\c2cnn3c(NC4CC4)cc(NC4CCC(O)CC4)nc23)C(=O)N1. The normalized spacial score (nSPS) is 23.7. The van der Waals surface area contributed by atoms with Crippen molar-refractivity contribution in [3.63, 3.8) is 0 Å². The van der Waals surface area contributed by atoms with Crippen LogP contribution in [0.3, 0.4) is 0 Å². The molecule has 9 aromatic rings. The van der Waals surface area contributed by atoms with E-state index in [2.05, 4.69) is 129 Å². The average molecular weight is 1590 g/mol. The van der Waals surface area contributed by atoms with E-state index in [0.29, 0.717) is 92.6 Å². The molecule has 34 heteroatoms. The second kappa shape index (κ2) is 33.1. The van der Waals surface area contributed by atoms with Crippen molar-refractivity contribution in [2.24, 2.45) is 11.7 Å². The summed E-state index contributed by atoms with van der Waals surface area (Å²) in [5, 5.41) is 58.1. The Morgan fingerprint density at radius 2 is 0.863 bits per heavy atom. The summed E-state index contributed by atoms with van der Waals surface area (Å²) in [5.41, 5.74) is 15.6. The lowest BCUT2D eigenvalue weighted by Crippen LogP contribution is -2.34. The molecule has 0 radical (unpaired) electrons. The number of nitrogens with zero attached hydrogens (tertiary/aromatic N) is 14. The molecule has 6 saturated carbocycles. The second-order valence-corrected chi connectivity index (χ2v) is 32.8. The Bertz CT molecular complexity index is 5370. The molecule has 1 aromatic carbocycles. The summed E-state index contributed by atoms with van der Waals surface area (Å²) >= 11 is 0. The first-order valence-electron chi connectivity index (χ1n) is 40.9. The van der Waals surface area contributed by atoms with E-state index in [9.17, 15) is 43.5 Å². The van der Waals surface area contributed by atoms with Gasteiger partial charge in [-0.1, -0.05) is 30.3 Å². The van der Waals surface area contributed by atoms with Gasteiger partial charge in [0, 0.05) is 136 Å². The maximum Gasteiger partial charge on any atom is 0.254 e. The third kappa shape index (κ3) is 18.5. The first-order chi connectivity index (χ1) is 56.6. The van der Waals surface area contributed by atoms with Gasteiger partial charge in [-0.2, -0.15) is 33.9 Å². The van der Waals surface area contributed by atoms with E-state index in [1.807, 2.05) is 34.8 Å². The fourth-order valence-electron chi connectivity index (χ4n) is 15.8. The van der Waals surface area contributed by atoms with Gasteiger partial charge in [-0.05, 0) is 172 Å². The number of carbonyl (C=O) groups is 8. The van der Waals surface area contributed by atoms with Crippen LogP contribution < -0.4 is 63.8 Å². The predicted octanol–water partition coefficient (Wildman–Crippen LogP) is 7.02. The van der Waals surface area contributed by atoms with Crippen molar-refractivity contribution >= 4 is 135 Å². The number of likely N-dealkylation sites (tertiary alicyclic amines) is 1. The van der Waals surface area contributed by atoms with E-state index in [1.54, 1.807) is 62.6 Å². The van der Waals surface area contributed by atoms with E-state index in [4.69, 9.17) is 25.7 Å². The van der Waals surface area contributed by atoms with Crippen molar-refractivity contribution in [1.29, 1.82) is 0 Å². The second-order valence-electron chi connectivity index (χ2n) is 32.8. The number of benzene rings is 1. The lowest BCUT2D eigenvalue weighted by atomic mass is 9.92. The molecule has 13 N–H and O–H groups in total. The average Bonchev–Trinajstić information content (AvgIpc) is 1.66. The number of nitrogens with two attached hydrogens (primary N) is 1. The first kappa shape index (κ1) is 77.3. The molecular formula is C83H97N25O9. The number of nitrogens with one attached hydrogen (secondary N) is 10. The van der Waals surface area contributed by atoms with Crippen LogP contribution in [-0.4, -0.2) is 191 Å². The third-order valence-electron chi connectivity index (χ3n) is 23.1. The lowest BCUT2D eigenvalue weighted by molar-refractivity contribution is -0.125. The number of aliphatic hydroxyl groups is 1. The van der Waals surface area contributed by atoms with Gasteiger partial charge < -0.3 is 52.5 Å². The standard InChI is InChI=1S/C23H23N5O2.2C20H25N7O2.C20H24N6O3/c1-14(16-5-3-2-4-6-16)25-20-12-19(9-15-7-8-15)28-22(26-20)18(13-24-28)10-17-11-21(29)27-23(17)30;1-25-6-5-15(11-25)26(2)16-9-17(22-14-3-4-14)27-19(23-16)13(10-21-27)7-12-8-18(28)24-20(12)29;21-13-1-3-14(4-2-13)23-16-9-17(24-15-5-6-15)27-19(25-16)12(10-22-27)7-11-8-18(28)26-20(11)29;27-15-5-3-13(4-6-15)22-16-9-17(23-14-1-2-14)26-19(24-16)12(10-21-26)7-11-8-18(28)25-20(11)29/h2-6,10,12-15H,7-9,11H2,1H3,(H,25,26)(H,27,29,30);7,9-10,14-15,22H,3-6,8,11H2,1-2H3,(H,24,28,29);7,9-10,13-15,24H,1-6,8,21H2,(H,23,25)(H,26,28,29);7,9-10,13-15,23,27H,1-6,8H2,(H,22,24)(H,25,28,29)/b17-10+;12-7+;2*11-7+. The highest BCUT2D eigenvalue weighted by atomic mass is 16.3. The Morgan fingerprint density at radius 1 is 0.479 bits per heavy atom. The molecule has 13 heterocycles. The highest BCUT2D eigenvalue weighted by Gasteiger charge is 2.34. The van der Waals surface area contributed by atoms with Crippen LogP contribution in [0.4, 0.5) is 40.7 Å². The van der Waals surface area contributed by atoms with E-state index in [-0.39, 0.29) is 91.1 Å². The topological polar surface area (TPSA) is 430 Å². The molecular weight excluding hydrogens is 1490 g/mol. The van der Waals surface area contributed by atoms with Crippen molar-refractivity contribution in [2.75, 3.05) is 64.0 Å². The summed E-state index contributed by atoms with van der Waals surface area (Å²) in [6.07, 6.45) is 32.6. The number of anilines is 7. The van der Waals surface area contributed by atoms with E-state index < -0.39 is 0 Å². The molecule has 8 amide bonds. The Kier molecular flexibility index (Phi) is 21.9. The molecule has 117 heavy (non-hydrogen) atoms. The van der Waals surface area contributed by atoms with Gasteiger partial charge in [-0.15, -0.1) is 0 Å². The molecule has 11 aliphatic rings. The monoisotopic (exact) mass is 1590 g/mol. The number of aliphatic hydroxyl groups excluding tert-OH is 1. The van der Waals surface area contributed by atoms with Crippen LogP contribution in [0.25, 0.3) is 46.9 Å². The number of hydrogen-bond donors (Lipinski definition) is 12. The van der Waals surface area contributed by atoms with Crippen molar-refractivity contribution in [1.82, 2.24) is 84.6 Å². The molecule has 11 fully saturated rings. The zero-order valence-corrected chi connectivity index (χ0v) is 65.6. The fraction of sp³-hybridized carbons (Fsp3) is 0.446. The Balaban J connectivity index is 0.000000112. The maximum absolute atomic E-state index is 12.0. The number of fused-ring (bicyclic) bond motifs is 4. The van der Waals surface area contributed by atoms with Gasteiger partial charge in [0.25, 0.3) is 23.6 Å². The molecule has 8 aromatic heterocycles. The third-order valence-corrected chi connectivity index (χ3v) is 23.1. The van der Waals surface area contributed by atoms with Gasteiger partial charge in [0.1, 0.15) is 40.7 Å². The van der Waals surface area contributed by atoms with E-state index >= 15 is 0 Å². The largest absolute Gasteiger partial charge is 0.393 e. The summed E-state index contributed by atoms with van der Waals surface area (Å²) in [6.45, 7) is 4.19. The van der Waals surface area contributed by atoms with Crippen LogP contribution >= 0.6 is 0 Å². The smallest absolute Gasteiger partial charge is 0.254 e. The Labute approximate surface area is 673 Å². The van der Waals surface area contributed by atoms with Crippen molar-refractivity contribution in [3.8, 4) is 0 Å². The van der Waals surface area contributed by atoms with Crippen molar-refractivity contribution < 1.29 is 43.5 Å². The minimum Gasteiger partial charge on any atom is -0.393 e. The first-order valence-corrected chi connectivity index (χ1v) is 40.9. The van der Waals surface area contributed by atoms with Gasteiger partial charge in [-0.25, -0.2) is 24.5 Å². The molecule has 5 aliphatic heterocycles. The van der Waals surface area contributed by atoms with Crippen molar-refractivity contribution in [2.45, 2.75) is 203 Å². The molecule has 0 spiro atoms. The fourth-order valence-corrected chi connectivity index (χ4v) is 15.8. The van der Waals surface area contributed by atoms with Crippen LogP contribution in [0.1, 0.15) is 181 Å². The number of imide groups is 4. The van der Waals surface area contributed by atoms with E-state index in [1.165, 1.54) is 18.4 Å². The Hall–Kier alpha value is -12.3. The number of hydrogen-bond acceptors (Lipinski definition) is 26. The zero-order valence-electron chi connectivity index (χ0n) is 65.6. The van der Waals surface area contributed by atoms with Crippen LogP contribution in [0.2, 0.25) is 0 Å². The summed E-state index contributed by atoms with van der Waals surface area (Å²) in [7, 11) is 4.22. The van der Waals surface area contributed by atoms with Crippen LogP contribution in [0.5, 0.6) is 0 Å². The quantitative estimate of drug-likeness (QED) is 0.0254. The molecule has 2 atom stereocenters. The predicted molar refractivity (Wildman–Crippen MR) is 440 cm³/mol. The maximum atomic E-state index is 12.0. The summed E-state index contributed by atoms with van der Waals surface area (Å²) in [5.74, 6) is 4.02. The molecule has 6 aliphatic carbocycles. The summed E-state index contributed by atoms with van der Waals surface area (Å²) in [4.78, 5) is 118.